The fourth-order valence-electron chi connectivity index (χ4n) is 4.57. The van der Waals surface area contributed by atoms with Crippen LogP contribution in [-0.4, -0.2) is 61.8 Å². The number of nitriles is 1. The molecule has 0 aliphatic carbocycles. The highest BCUT2D eigenvalue weighted by Gasteiger charge is 2.48. The Hall–Kier alpha value is -4.06. The van der Waals surface area contributed by atoms with Crippen LogP contribution in [0.5, 0.6) is 11.5 Å². The summed E-state index contributed by atoms with van der Waals surface area (Å²) < 4.78 is 25.4. The first-order valence-corrected chi connectivity index (χ1v) is 11.5. The van der Waals surface area contributed by atoms with Gasteiger partial charge in [-0.25, -0.2) is 15.0 Å². The molecule has 4 aromatic rings. The molecule has 2 aliphatic rings. The predicted molar refractivity (Wildman–Crippen MR) is 129 cm³/mol. The van der Waals surface area contributed by atoms with Gasteiger partial charge < -0.3 is 34.7 Å². The number of fused-ring (bicyclic) bond motifs is 2. The molecule has 2 aromatic heterocycles. The average Bonchev–Trinajstić information content (AvgIpc) is 3.61. The van der Waals surface area contributed by atoms with Crippen LogP contribution >= 0.6 is 0 Å². The highest BCUT2D eigenvalue weighted by Crippen LogP contribution is 2.34. The summed E-state index contributed by atoms with van der Waals surface area (Å²) in [7, 11) is -0.771. The third-order valence-electron chi connectivity index (χ3n) is 6.41. The molecule has 1 saturated heterocycles. The third-order valence-corrected chi connectivity index (χ3v) is 6.41. The van der Waals surface area contributed by atoms with Crippen molar-refractivity contribution in [3.05, 3.63) is 66.2 Å². The van der Waals surface area contributed by atoms with Crippen LogP contribution in [0.3, 0.4) is 0 Å². The molecule has 0 saturated carbocycles. The molecule has 12 nitrogen and oxygen atoms in total. The number of aromatic nitrogens is 4. The molecule has 13 heteroatoms. The van der Waals surface area contributed by atoms with E-state index < -0.39 is 31.7 Å². The second-order valence-electron chi connectivity index (χ2n) is 8.66. The van der Waals surface area contributed by atoms with Gasteiger partial charge in [-0.1, -0.05) is 6.07 Å². The van der Waals surface area contributed by atoms with Crippen molar-refractivity contribution in [3.8, 4) is 17.6 Å². The number of ether oxygens (including phenoxy) is 2. The third kappa shape index (κ3) is 4.16. The second kappa shape index (κ2) is 9.43. The summed E-state index contributed by atoms with van der Waals surface area (Å²) >= 11 is 0. The summed E-state index contributed by atoms with van der Waals surface area (Å²) in [6.07, 6.45) is -1.02. The number of nitrogens with two attached hydrogens (primary N) is 1. The molecule has 0 amide bonds. The normalized spacial score (nSPS) is 22.8. The van der Waals surface area contributed by atoms with E-state index in [1.165, 1.54) is 12.7 Å². The average molecular weight is 500 g/mol. The fourth-order valence-corrected chi connectivity index (χ4v) is 4.57. The first-order chi connectivity index (χ1) is 18.1. The lowest BCUT2D eigenvalue weighted by Crippen LogP contribution is -2.44. The zero-order valence-electron chi connectivity index (χ0n) is 19.3. The smallest absolute Gasteiger partial charge is 0.457 e. The molecule has 186 valence electrons. The number of anilines is 1. The Morgan fingerprint density at radius 2 is 1.97 bits per heavy atom. The topological polar surface area (TPSA) is 171 Å². The minimum atomic E-state index is -1.16. The number of rotatable bonds is 6. The number of aliphatic hydroxyl groups excluding tert-OH is 2. The SMILES string of the molecule is N#Cc1ccc(Oc2ccc3c(c2)COB3OC2[C@@H](CO)O[C@@H](n3cnc4c(N)ncnc43)[C@H]2O)cc1. The van der Waals surface area contributed by atoms with Gasteiger partial charge in [0.25, 0.3) is 0 Å². The van der Waals surface area contributed by atoms with Crippen LogP contribution in [0.25, 0.3) is 11.2 Å². The summed E-state index contributed by atoms with van der Waals surface area (Å²) in [6.45, 7) is -0.0945. The number of imidazole rings is 1. The molecule has 0 spiro atoms. The van der Waals surface area contributed by atoms with E-state index in [0.717, 1.165) is 11.0 Å². The van der Waals surface area contributed by atoms with E-state index in [-0.39, 0.29) is 19.0 Å². The summed E-state index contributed by atoms with van der Waals surface area (Å²) in [5.74, 6) is 1.42. The Kier molecular flexibility index (Phi) is 5.95. The zero-order chi connectivity index (χ0) is 25.5. The maximum absolute atomic E-state index is 11.1. The van der Waals surface area contributed by atoms with Gasteiger partial charge in [0.1, 0.15) is 41.7 Å². The van der Waals surface area contributed by atoms with Crippen molar-refractivity contribution in [1.29, 1.82) is 5.26 Å². The lowest BCUT2D eigenvalue weighted by Gasteiger charge is -2.22. The van der Waals surface area contributed by atoms with Crippen LogP contribution in [0, 0.1) is 11.3 Å². The van der Waals surface area contributed by atoms with E-state index in [1.807, 2.05) is 12.1 Å². The lowest BCUT2D eigenvalue weighted by atomic mass is 9.78. The molecule has 4 N–H and O–H groups in total. The minimum absolute atomic E-state index is 0.209. The molecule has 4 heterocycles. The zero-order valence-corrected chi connectivity index (χ0v) is 19.3. The fraction of sp³-hybridized carbons (Fsp3) is 0.250. The predicted octanol–water partition coefficient (Wildman–Crippen LogP) is 0.634. The van der Waals surface area contributed by atoms with E-state index >= 15 is 0 Å². The van der Waals surface area contributed by atoms with E-state index in [4.69, 9.17) is 29.8 Å². The number of nitrogens with zero attached hydrogens (tertiary/aromatic N) is 5. The monoisotopic (exact) mass is 500 g/mol. The number of nitrogen functional groups attached to an aromatic ring is 1. The van der Waals surface area contributed by atoms with Gasteiger partial charge in [0.15, 0.2) is 17.7 Å². The number of hydrogen-bond acceptors (Lipinski definition) is 11. The van der Waals surface area contributed by atoms with Gasteiger partial charge in [-0.3, -0.25) is 4.57 Å². The summed E-state index contributed by atoms with van der Waals surface area (Å²) in [4.78, 5) is 12.3. The number of hydrogen-bond donors (Lipinski definition) is 3. The van der Waals surface area contributed by atoms with Crippen molar-refractivity contribution in [2.75, 3.05) is 12.3 Å². The number of aliphatic hydroxyl groups is 2. The minimum Gasteiger partial charge on any atom is -0.457 e. The molecule has 2 aliphatic heterocycles. The highest BCUT2D eigenvalue weighted by atomic mass is 16.6. The Morgan fingerprint density at radius 1 is 1.16 bits per heavy atom. The van der Waals surface area contributed by atoms with Crippen molar-refractivity contribution < 1.29 is 29.0 Å². The van der Waals surface area contributed by atoms with Gasteiger partial charge in [0.05, 0.1) is 31.2 Å². The van der Waals surface area contributed by atoms with Crippen LogP contribution in [0.4, 0.5) is 5.82 Å². The maximum atomic E-state index is 11.1. The Morgan fingerprint density at radius 3 is 2.76 bits per heavy atom. The maximum Gasteiger partial charge on any atom is 0.494 e. The van der Waals surface area contributed by atoms with Gasteiger partial charge in [0, 0.05) is 0 Å². The quantitative estimate of drug-likeness (QED) is 0.317. The van der Waals surface area contributed by atoms with Crippen LogP contribution in [0.2, 0.25) is 0 Å². The summed E-state index contributed by atoms with van der Waals surface area (Å²) in [6, 6.07) is 14.4. The lowest BCUT2D eigenvalue weighted by molar-refractivity contribution is -0.0508. The van der Waals surface area contributed by atoms with Crippen LogP contribution in [0.15, 0.2) is 55.1 Å². The largest absolute Gasteiger partial charge is 0.494 e. The van der Waals surface area contributed by atoms with E-state index in [9.17, 15) is 10.2 Å². The molecule has 1 unspecified atom stereocenters. The summed E-state index contributed by atoms with van der Waals surface area (Å²) in [5.41, 5.74) is 8.86. The van der Waals surface area contributed by atoms with Gasteiger partial charge >= 0.3 is 7.12 Å². The van der Waals surface area contributed by atoms with Gasteiger partial charge in [0.2, 0.25) is 0 Å². The standard InChI is InChI=1S/C24H21BN6O6/c26-8-13-1-3-15(4-2-13)35-16-5-6-17-14(7-16)10-34-25(17)37-21-18(9-32)36-24(20(21)33)31-12-30-19-22(27)28-11-29-23(19)31/h1-7,11-12,18,20-21,24,32-33H,9-10H2,(H2,27,28,29)/t18-,20+,21?,24-/m1/s1. The van der Waals surface area contributed by atoms with Crippen LogP contribution in [-0.2, 0) is 20.7 Å². The van der Waals surface area contributed by atoms with E-state index in [2.05, 4.69) is 21.0 Å². The Labute approximate surface area is 211 Å². The summed E-state index contributed by atoms with van der Waals surface area (Å²) in [5, 5.41) is 30.0. The van der Waals surface area contributed by atoms with Crippen molar-refractivity contribution in [3.63, 3.8) is 0 Å². The highest BCUT2D eigenvalue weighted by molar-refractivity contribution is 6.62. The van der Waals surface area contributed by atoms with Crippen molar-refractivity contribution in [2.24, 2.45) is 0 Å². The Bertz CT molecular complexity index is 1490. The van der Waals surface area contributed by atoms with Gasteiger partial charge in [-0.2, -0.15) is 5.26 Å². The first kappa shape index (κ1) is 23.3. The van der Waals surface area contributed by atoms with Gasteiger partial charge in [-0.15, -0.1) is 0 Å². The molecular formula is C24H21BN6O6. The molecule has 0 radical (unpaired) electrons. The van der Waals surface area contributed by atoms with E-state index in [0.29, 0.717) is 28.2 Å². The Balaban J connectivity index is 1.19. The second-order valence-corrected chi connectivity index (χ2v) is 8.66. The van der Waals surface area contributed by atoms with Crippen molar-refractivity contribution >= 4 is 29.6 Å². The molecule has 0 bridgehead atoms. The van der Waals surface area contributed by atoms with Crippen LogP contribution < -0.4 is 15.9 Å². The van der Waals surface area contributed by atoms with Crippen molar-refractivity contribution in [1.82, 2.24) is 19.5 Å². The first-order valence-electron chi connectivity index (χ1n) is 11.5. The molecule has 2 aromatic carbocycles. The molecule has 6 rings (SSSR count). The van der Waals surface area contributed by atoms with Gasteiger partial charge in [-0.05, 0) is 47.4 Å². The number of benzene rings is 2. The molecular weight excluding hydrogens is 479 g/mol. The molecule has 4 atom stereocenters. The van der Waals surface area contributed by atoms with E-state index in [1.54, 1.807) is 34.9 Å². The van der Waals surface area contributed by atoms with Crippen LogP contribution in [0.1, 0.15) is 17.4 Å². The molecule has 1 fully saturated rings. The van der Waals surface area contributed by atoms with Crippen molar-refractivity contribution in [2.45, 2.75) is 31.1 Å². The molecule has 37 heavy (non-hydrogen) atoms.